The number of aliphatic hydroxyl groups excluding tert-OH is 1. The van der Waals surface area contributed by atoms with Crippen LogP contribution in [-0.2, 0) is 4.79 Å². The van der Waals surface area contributed by atoms with Gasteiger partial charge in [0.2, 0.25) is 5.91 Å². The molecule has 2 atom stereocenters. The van der Waals surface area contributed by atoms with Gasteiger partial charge in [0.05, 0.1) is 0 Å². The summed E-state index contributed by atoms with van der Waals surface area (Å²) in [5.41, 5.74) is 0.0193. The first-order valence-electron chi connectivity index (χ1n) is 6.54. The highest BCUT2D eigenvalue weighted by Gasteiger charge is 2.43. The van der Waals surface area contributed by atoms with Crippen molar-refractivity contribution in [2.45, 2.75) is 45.4 Å². The van der Waals surface area contributed by atoms with E-state index in [1.165, 1.54) is 6.42 Å². The molecule has 2 rings (SSSR count). The first-order valence-corrected chi connectivity index (χ1v) is 6.54. The maximum absolute atomic E-state index is 12.0. The van der Waals surface area contributed by atoms with Crippen molar-refractivity contribution in [1.29, 1.82) is 0 Å². The lowest BCUT2D eigenvalue weighted by atomic mass is 9.60. The lowest BCUT2D eigenvalue weighted by Gasteiger charge is -2.46. The lowest BCUT2D eigenvalue weighted by Crippen LogP contribution is -2.45. The second kappa shape index (κ2) is 4.74. The minimum atomic E-state index is 0.0193. The molecule has 0 aromatic heterocycles. The summed E-state index contributed by atoms with van der Waals surface area (Å²) in [4.78, 5) is 14.1. The van der Waals surface area contributed by atoms with Crippen LogP contribution < -0.4 is 0 Å². The zero-order chi connectivity index (χ0) is 11.6. The highest BCUT2D eigenvalue weighted by atomic mass is 16.3. The van der Waals surface area contributed by atoms with Gasteiger partial charge in [-0.15, -0.1) is 0 Å². The summed E-state index contributed by atoms with van der Waals surface area (Å²) in [6.07, 6.45) is 6.41. The molecule has 0 radical (unpaired) electrons. The molecule has 0 aromatic rings. The molecule has 0 bridgehead atoms. The van der Waals surface area contributed by atoms with E-state index in [2.05, 4.69) is 6.92 Å². The Kier molecular flexibility index (Phi) is 3.53. The Bertz CT molecular complexity index is 257. The Morgan fingerprint density at radius 1 is 1.38 bits per heavy atom. The largest absolute Gasteiger partial charge is 0.396 e. The van der Waals surface area contributed by atoms with E-state index in [0.717, 1.165) is 38.8 Å². The van der Waals surface area contributed by atoms with Gasteiger partial charge in [-0.25, -0.2) is 0 Å². The van der Waals surface area contributed by atoms with Crippen LogP contribution in [0, 0.1) is 11.3 Å². The molecule has 2 fully saturated rings. The molecule has 1 saturated carbocycles. The zero-order valence-electron chi connectivity index (χ0n) is 10.2. The summed E-state index contributed by atoms with van der Waals surface area (Å²) >= 11 is 0. The molecule has 1 heterocycles. The van der Waals surface area contributed by atoms with Gasteiger partial charge in [-0.3, -0.25) is 4.79 Å². The van der Waals surface area contributed by atoms with Crippen molar-refractivity contribution >= 4 is 5.91 Å². The number of nitrogens with zero attached hydrogens (tertiary/aromatic N) is 1. The maximum Gasteiger partial charge on any atom is 0.222 e. The van der Waals surface area contributed by atoms with Gasteiger partial charge in [0.15, 0.2) is 0 Å². The highest BCUT2D eigenvalue weighted by Crippen LogP contribution is 2.48. The molecule has 1 N–H and O–H groups in total. The number of piperidine rings is 1. The van der Waals surface area contributed by atoms with Gasteiger partial charge in [-0.05, 0) is 43.4 Å². The number of hydrogen-bond donors (Lipinski definition) is 1. The molecule has 0 aromatic carbocycles. The van der Waals surface area contributed by atoms with Crippen LogP contribution in [0.1, 0.15) is 45.4 Å². The smallest absolute Gasteiger partial charge is 0.222 e. The number of rotatable bonds is 3. The van der Waals surface area contributed by atoms with Gasteiger partial charge in [0, 0.05) is 26.1 Å². The molecule has 16 heavy (non-hydrogen) atoms. The van der Waals surface area contributed by atoms with Crippen LogP contribution in [0.25, 0.3) is 0 Å². The summed E-state index contributed by atoms with van der Waals surface area (Å²) in [5, 5.41) is 9.31. The third-order valence-corrected chi connectivity index (χ3v) is 4.54. The lowest BCUT2D eigenvalue weighted by molar-refractivity contribution is -0.137. The number of carbonyl (C=O) groups excluding carboxylic acids is 1. The predicted molar refractivity (Wildman–Crippen MR) is 63.0 cm³/mol. The Labute approximate surface area is 97.8 Å². The Morgan fingerprint density at radius 3 is 2.56 bits per heavy atom. The molecule has 3 heteroatoms. The fourth-order valence-corrected chi connectivity index (χ4v) is 2.88. The van der Waals surface area contributed by atoms with Crippen molar-refractivity contribution in [2.75, 3.05) is 19.7 Å². The van der Waals surface area contributed by atoms with Crippen molar-refractivity contribution in [3.63, 3.8) is 0 Å². The van der Waals surface area contributed by atoms with E-state index in [1.54, 1.807) is 0 Å². The standard InChI is InChI=1S/C13H23NO2/c1-13(10-15)6-5-11(13)9-12(16)14-7-3-2-4-8-14/h11,15H,2-10H2,1H3/t11-,13-/m0/s1. The predicted octanol–water partition coefficient (Wildman–Crippen LogP) is 1.80. The summed E-state index contributed by atoms with van der Waals surface area (Å²) in [6, 6.07) is 0. The second-order valence-electron chi connectivity index (χ2n) is 5.69. The molecule has 0 unspecified atom stereocenters. The minimum absolute atomic E-state index is 0.0193. The van der Waals surface area contributed by atoms with E-state index >= 15 is 0 Å². The summed E-state index contributed by atoms with van der Waals surface area (Å²) in [7, 11) is 0. The Balaban J connectivity index is 1.83. The van der Waals surface area contributed by atoms with Gasteiger partial charge in [-0.2, -0.15) is 0 Å². The topological polar surface area (TPSA) is 40.5 Å². The third kappa shape index (κ3) is 2.24. The molecule has 1 saturated heterocycles. The van der Waals surface area contributed by atoms with Crippen molar-refractivity contribution < 1.29 is 9.90 Å². The van der Waals surface area contributed by atoms with Crippen LogP contribution >= 0.6 is 0 Å². The van der Waals surface area contributed by atoms with E-state index in [1.807, 2.05) is 4.90 Å². The first kappa shape index (κ1) is 11.9. The maximum atomic E-state index is 12.0. The van der Waals surface area contributed by atoms with E-state index in [0.29, 0.717) is 18.2 Å². The molecular formula is C13H23NO2. The molecule has 92 valence electrons. The van der Waals surface area contributed by atoms with Gasteiger partial charge in [-0.1, -0.05) is 6.92 Å². The van der Waals surface area contributed by atoms with Crippen LogP contribution in [0.5, 0.6) is 0 Å². The van der Waals surface area contributed by atoms with E-state index < -0.39 is 0 Å². The SMILES string of the molecule is C[C@@]1(CO)CC[C@H]1CC(=O)N1CCCCC1. The van der Waals surface area contributed by atoms with Crippen LogP contribution in [0.2, 0.25) is 0 Å². The molecule has 0 spiro atoms. The second-order valence-corrected chi connectivity index (χ2v) is 5.69. The number of carbonyl (C=O) groups is 1. The number of hydrogen-bond acceptors (Lipinski definition) is 2. The third-order valence-electron chi connectivity index (χ3n) is 4.54. The van der Waals surface area contributed by atoms with Gasteiger partial charge in [0.1, 0.15) is 0 Å². The average molecular weight is 225 g/mol. The Hall–Kier alpha value is -0.570. The van der Waals surface area contributed by atoms with E-state index in [-0.39, 0.29) is 12.0 Å². The van der Waals surface area contributed by atoms with Crippen molar-refractivity contribution in [3.8, 4) is 0 Å². The monoisotopic (exact) mass is 225 g/mol. The van der Waals surface area contributed by atoms with Gasteiger partial charge in [0.25, 0.3) is 0 Å². The summed E-state index contributed by atoms with van der Waals surface area (Å²) < 4.78 is 0. The molecule has 2 aliphatic rings. The fourth-order valence-electron chi connectivity index (χ4n) is 2.88. The van der Waals surface area contributed by atoms with E-state index in [9.17, 15) is 9.90 Å². The number of likely N-dealkylation sites (tertiary alicyclic amines) is 1. The van der Waals surface area contributed by atoms with Crippen LogP contribution in [0.3, 0.4) is 0 Å². The molecule has 3 nitrogen and oxygen atoms in total. The van der Waals surface area contributed by atoms with Crippen LogP contribution in [0.15, 0.2) is 0 Å². The van der Waals surface area contributed by atoms with Crippen molar-refractivity contribution in [1.82, 2.24) is 4.90 Å². The van der Waals surface area contributed by atoms with Gasteiger partial charge >= 0.3 is 0 Å². The quantitative estimate of drug-likeness (QED) is 0.795. The molecule has 1 amide bonds. The first-order chi connectivity index (χ1) is 7.65. The summed E-state index contributed by atoms with van der Waals surface area (Å²) in [5.74, 6) is 0.719. The highest BCUT2D eigenvalue weighted by molar-refractivity contribution is 5.76. The van der Waals surface area contributed by atoms with Gasteiger partial charge < -0.3 is 10.0 Å². The van der Waals surface area contributed by atoms with Crippen molar-refractivity contribution in [3.05, 3.63) is 0 Å². The summed E-state index contributed by atoms with van der Waals surface area (Å²) in [6.45, 7) is 4.22. The molecular weight excluding hydrogens is 202 g/mol. The fraction of sp³-hybridized carbons (Fsp3) is 0.923. The molecule has 1 aliphatic heterocycles. The number of aliphatic hydroxyl groups is 1. The minimum Gasteiger partial charge on any atom is -0.396 e. The molecule has 1 aliphatic carbocycles. The van der Waals surface area contributed by atoms with Crippen LogP contribution in [-0.4, -0.2) is 35.6 Å². The number of amides is 1. The van der Waals surface area contributed by atoms with Crippen LogP contribution in [0.4, 0.5) is 0 Å². The van der Waals surface area contributed by atoms with E-state index in [4.69, 9.17) is 0 Å². The zero-order valence-corrected chi connectivity index (χ0v) is 10.2. The average Bonchev–Trinajstić information content (AvgIpc) is 2.34. The van der Waals surface area contributed by atoms with Crippen molar-refractivity contribution in [2.24, 2.45) is 11.3 Å². The normalized spacial score (nSPS) is 34.6. The Morgan fingerprint density at radius 2 is 2.06 bits per heavy atom.